The van der Waals surface area contributed by atoms with E-state index in [1.165, 1.54) is 4.31 Å². The van der Waals surface area contributed by atoms with E-state index in [2.05, 4.69) is 5.32 Å². The maximum Gasteiger partial charge on any atom is 0.252 e. The van der Waals surface area contributed by atoms with E-state index in [0.717, 1.165) is 5.56 Å². The van der Waals surface area contributed by atoms with Gasteiger partial charge in [-0.15, -0.1) is 0 Å². The highest BCUT2D eigenvalue weighted by molar-refractivity contribution is 7.89. The van der Waals surface area contributed by atoms with Crippen LogP contribution in [0.5, 0.6) is 11.5 Å². The number of benzene rings is 2. The molecule has 0 aliphatic carbocycles. The van der Waals surface area contributed by atoms with Gasteiger partial charge in [-0.1, -0.05) is 18.2 Å². The van der Waals surface area contributed by atoms with Gasteiger partial charge in [0.25, 0.3) is 5.91 Å². The van der Waals surface area contributed by atoms with Crippen LogP contribution in [0.15, 0.2) is 48.5 Å². The molecule has 1 amide bonds. The number of carbonyl (C=O) groups excluding carboxylic acids is 1. The number of para-hydroxylation sites is 1. The predicted octanol–water partition coefficient (Wildman–Crippen LogP) is 2.06. The third-order valence-corrected chi connectivity index (χ3v) is 7.68. The van der Waals surface area contributed by atoms with Crippen molar-refractivity contribution in [2.24, 2.45) is 0 Å². The lowest BCUT2D eigenvalue weighted by Crippen LogP contribution is -2.43. The van der Waals surface area contributed by atoms with Crippen LogP contribution >= 0.6 is 0 Å². The van der Waals surface area contributed by atoms with Crippen LogP contribution in [0.1, 0.15) is 10.4 Å². The maximum atomic E-state index is 13.1. The first-order valence-electron chi connectivity index (χ1n) is 11.1. The second-order valence-corrected chi connectivity index (χ2v) is 10.1. The summed E-state index contributed by atoms with van der Waals surface area (Å²) in [7, 11) is -3.46. The van der Waals surface area contributed by atoms with Crippen LogP contribution in [0.4, 0.5) is 0 Å². The van der Waals surface area contributed by atoms with E-state index in [-0.39, 0.29) is 18.2 Å². The van der Waals surface area contributed by atoms with E-state index in [4.69, 9.17) is 19.2 Å². The second kappa shape index (κ2) is 9.57. The Bertz CT molecular complexity index is 1320. The summed E-state index contributed by atoms with van der Waals surface area (Å²) in [4.78, 5) is 17.9. The molecule has 1 aromatic heterocycles. The average molecular weight is 484 g/mol. The number of hydrogen-bond donors (Lipinski definition) is 1. The first-order chi connectivity index (χ1) is 16.5. The molecule has 0 atom stereocenters. The Labute approximate surface area is 197 Å². The summed E-state index contributed by atoms with van der Waals surface area (Å²) < 4.78 is 43.0. The van der Waals surface area contributed by atoms with Crippen LogP contribution in [0.2, 0.25) is 0 Å². The molecule has 0 unspecified atom stereocenters. The third-order valence-electron chi connectivity index (χ3n) is 5.81. The zero-order valence-corrected chi connectivity index (χ0v) is 19.3. The number of rotatable bonds is 6. The molecule has 1 N–H and O–H groups in total. The highest BCUT2D eigenvalue weighted by Crippen LogP contribution is 2.35. The molecule has 2 aliphatic rings. The number of hydrogen-bond acceptors (Lipinski definition) is 7. The number of morpholine rings is 1. The standard InChI is InChI=1S/C24H25N3O6S/c28-24(25-7-14-34(29,30)27-8-10-31-11-9-27)19-16-21(26-20-4-2-1-3-18(19)20)17-5-6-22-23(15-17)33-13-12-32-22/h1-6,15-16H,7-14H2,(H,25,28). The molecule has 1 saturated heterocycles. The molecule has 0 saturated carbocycles. The van der Waals surface area contributed by atoms with Gasteiger partial charge < -0.3 is 19.5 Å². The summed E-state index contributed by atoms with van der Waals surface area (Å²) in [6.07, 6.45) is 0. The summed E-state index contributed by atoms with van der Waals surface area (Å²) in [5.41, 5.74) is 2.50. The van der Waals surface area contributed by atoms with Gasteiger partial charge in [-0.05, 0) is 30.3 Å². The van der Waals surface area contributed by atoms with Crippen molar-refractivity contribution in [3.05, 3.63) is 54.1 Å². The molecule has 1 fully saturated rings. The summed E-state index contributed by atoms with van der Waals surface area (Å²) in [5, 5.41) is 3.46. The van der Waals surface area contributed by atoms with Crippen molar-refractivity contribution in [1.82, 2.24) is 14.6 Å². The van der Waals surface area contributed by atoms with Crippen molar-refractivity contribution in [3.8, 4) is 22.8 Å². The Morgan fingerprint density at radius 1 is 0.971 bits per heavy atom. The normalized spacial score (nSPS) is 16.4. The zero-order valence-electron chi connectivity index (χ0n) is 18.5. The molecule has 0 radical (unpaired) electrons. The first-order valence-corrected chi connectivity index (χ1v) is 12.8. The largest absolute Gasteiger partial charge is 0.486 e. The molecule has 0 spiro atoms. The number of nitrogens with one attached hydrogen (secondary N) is 1. The third kappa shape index (κ3) is 4.70. The minimum Gasteiger partial charge on any atom is -0.486 e. The Kier molecular flexibility index (Phi) is 6.36. The number of pyridine rings is 1. The van der Waals surface area contributed by atoms with E-state index in [0.29, 0.717) is 73.2 Å². The van der Waals surface area contributed by atoms with Crippen molar-refractivity contribution in [1.29, 1.82) is 0 Å². The molecule has 34 heavy (non-hydrogen) atoms. The van der Waals surface area contributed by atoms with Gasteiger partial charge in [0.2, 0.25) is 10.0 Å². The number of sulfonamides is 1. The highest BCUT2D eigenvalue weighted by Gasteiger charge is 2.24. The minimum absolute atomic E-state index is 0.00846. The molecule has 3 aromatic rings. The number of aromatic nitrogens is 1. The lowest BCUT2D eigenvalue weighted by Gasteiger charge is -2.26. The number of nitrogens with zero attached hydrogens (tertiary/aromatic N) is 2. The lowest BCUT2D eigenvalue weighted by atomic mass is 10.0. The van der Waals surface area contributed by atoms with Gasteiger partial charge in [-0.25, -0.2) is 13.4 Å². The van der Waals surface area contributed by atoms with E-state index in [1.807, 2.05) is 42.5 Å². The van der Waals surface area contributed by atoms with Crippen LogP contribution < -0.4 is 14.8 Å². The molecule has 2 aromatic carbocycles. The van der Waals surface area contributed by atoms with Gasteiger partial charge >= 0.3 is 0 Å². The Morgan fingerprint density at radius 3 is 2.56 bits per heavy atom. The van der Waals surface area contributed by atoms with Gasteiger partial charge in [0.05, 0.1) is 35.7 Å². The average Bonchev–Trinajstić information content (AvgIpc) is 2.88. The fraction of sp³-hybridized carbons (Fsp3) is 0.333. The Hall–Kier alpha value is -3.21. The van der Waals surface area contributed by atoms with Gasteiger partial charge in [0, 0.05) is 30.6 Å². The summed E-state index contributed by atoms with van der Waals surface area (Å²) >= 11 is 0. The predicted molar refractivity (Wildman–Crippen MR) is 127 cm³/mol. The van der Waals surface area contributed by atoms with E-state index in [9.17, 15) is 13.2 Å². The SMILES string of the molecule is O=C(NCCS(=O)(=O)N1CCOCC1)c1cc(-c2ccc3c(c2)OCCO3)nc2ccccc12. The highest BCUT2D eigenvalue weighted by atomic mass is 32.2. The zero-order chi connectivity index (χ0) is 23.5. The minimum atomic E-state index is -3.46. The quantitative estimate of drug-likeness (QED) is 0.572. The molecule has 2 aliphatic heterocycles. The topological polar surface area (TPSA) is 107 Å². The molecule has 5 rings (SSSR count). The molecule has 0 bridgehead atoms. The summed E-state index contributed by atoms with van der Waals surface area (Å²) in [6, 6.07) is 14.7. The van der Waals surface area contributed by atoms with Crippen molar-refractivity contribution in [2.75, 3.05) is 51.8 Å². The monoisotopic (exact) mass is 483 g/mol. The van der Waals surface area contributed by atoms with Gasteiger partial charge in [0.15, 0.2) is 11.5 Å². The van der Waals surface area contributed by atoms with Crippen LogP contribution in [-0.4, -0.2) is 75.4 Å². The van der Waals surface area contributed by atoms with Crippen molar-refractivity contribution < 1.29 is 27.4 Å². The Balaban J connectivity index is 1.38. The fourth-order valence-electron chi connectivity index (χ4n) is 4.06. The van der Waals surface area contributed by atoms with Crippen LogP contribution in [0.3, 0.4) is 0 Å². The number of amides is 1. The summed E-state index contributed by atoms with van der Waals surface area (Å²) in [6.45, 7) is 2.44. The van der Waals surface area contributed by atoms with E-state index < -0.39 is 10.0 Å². The van der Waals surface area contributed by atoms with Crippen molar-refractivity contribution in [2.45, 2.75) is 0 Å². The molecule has 10 heteroatoms. The molecule has 178 valence electrons. The second-order valence-electron chi connectivity index (χ2n) is 8.01. The molecule has 9 nitrogen and oxygen atoms in total. The lowest BCUT2D eigenvalue weighted by molar-refractivity contribution is 0.0730. The van der Waals surface area contributed by atoms with Crippen molar-refractivity contribution >= 4 is 26.8 Å². The fourth-order valence-corrected chi connectivity index (χ4v) is 5.38. The van der Waals surface area contributed by atoms with Gasteiger partial charge in [0.1, 0.15) is 13.2 Å². The first kappa shape index (κ1) is 22.6. The molecular formula is C24H25N3O6S. The molecule has 3 heterocycles. The number of fused-ring (bicyclic) bond motifs is 2. The van der Waals surface area contributed by atoms with E-state index in [1.54, 1.807) is 6.07 Å². The van der Waals surface area contributed by atoms with Crippen LogP contribution in [-0.2, 0) is 14.8 Å². The number of carbonyl (C=O) groups is 1. The van der Waals surface area contributed by atoms with Gasteiger partial charge in [-0.2, -0.15) is 4.31 Å². The smallest absolute Gasteiger partial charge is 0.252 e. The maximum absolute atomic E-state index is 13.1. The van der Waals surface area contributed by atoms with Gasteiger partial charge in [-0.3, -0.25) is 4.79 Å². The van der Waals surface area contributed by atoms with Crippen LogP contribution in [0.25, 0.3) is 22.2 Å². The van der Waals surface area contributed by atoms with Crippen LogP contribution in [0, 0.1) is 0 Å². The van der Waals surface area contributed by atoms with E-state index >= 15 is 0 Å². The molecular weight excluding hydrogens is 458 g/mol. The number of ether oxygens (including phenoxy) is 3. The Morgan fingerprint density at radius 2 is 1.74 bits per heavy atom. The summed E-state index contributed by atoms with van der Waals surface area (Å²) in [5.74, 6) is 0.791. The van der Waals surface area contributed by atoms with Crippen molar-refractivity contribution in [3.63, 3.8) is 0 Å².